The highest BCUT2D eigenvalue weighted by Gasteiger charge is 2.25. The summed E-state index contributed by atoms with van der Waals surface area (Å²) in [6.45, 7) is 1.56. The summed E-state index contributed by atoms with van der Waals surface area (Å²) in [5, 5.41) is 6.59. The third-order valence-corrected chi connectivity index (χ3v) is 6.82. The van der Waals surface area contributed by atoms with Crippen LogP contribution in [0.3, 0.4) is 0 Å². The first-order valence-electron chi connectivity index (χ1n) is 13.6. The van der Waals surface area contributed by atoms with Crippen LogP contribution in [0.5, 0.6) is 11.5 Å². The summed E-state index contributed by atoms with van der Waals surface area (Å²) < 4.78 is 18.5. The van der Waals surface area contributed by atoms with Gasteiger partial charge in [0.25, 0.3) is 5.91 Å². The van der Waals surface area contributed by atoms with Crippen LogP contribution in [-0.2, 0) is 31.2 Å². The average Bonchev–Trinajstić information content (AvgIpc) is 3.16. The fourth-order valence-electron chi connectivity index (χ4n) is 4.73. The number of hydrogen-bond acceptors (Lipinski definition) is 5. The maximum absolute atomic E-state index is 13.4. The molecule has 0 spiro atoms. The van der Waals surface area contributed by atoms with Crippen molar-refractivity contribution in [1.29, 1.82) is 0 Å². The minimum absolute atomic E-state index is 0.229. The Bertz CT molecular complexity index is 1620. The van der Waals surface area contributed by atoms with Crippen molar-refractivity contribution in [3.05, 3.63) is 149 Å². The highest BCUT2D eigenvalue weighted by Crippen LogP contribution is 2.42. The number of carbonyl (C=O) groups is 1. The van der Waals surface area contributed by atoms with Crippen LogP contribution in [0.2, 0.25) is 0 Å². The maximum Gasteiger partial charge on any atom is 0.257 e. The molecule has 1 amide bonds. The Balaban J connectivity index is 1.31. The zero-order chi connectivity index (χ0) is 27.9. The SMILES string of the molecule is O=C1Nc2cc(OCc3ccccc3)cc(COCc3ccccc3)c2Nc2c(OCc3ccccc3)cccc21. The number of rotatable bonds is 10. The number of nitrogens with one attached hydrogen (secondary N) is 2. The standard InChI is InChI=1S/C35H30N2O4/c38-35-30-17-10-18-32(41-23-27-15-8-3-9-16-27)34(30)37-33-28(24-39-21-25-11-4-1-5-12-25)19-29(20-31(33)36-35)40-22-26-13-6-2-7-14-26/h1-20,37H,21-24H2,(H,36,38). The molecule has 0 saturated carbocycles. The summed E-state index contributed by atoms with van der Waals surface area (Å²) in [7, 11) is 0. The molecular weight excluding hydrogens is 512 g/mol. The molecule has 5 aromatic carbocycles. The molecule has 0 fully saturated rings. The van der Waals surface area contributed by atoms with E-state index in [1.165, 1.54) is 0 Å². The number of fused-ring (bicyclic) bond motifs is 2. The molecule has 41 heavy (non-hydrogen) atoms. The smallest absolute Gasteiger partial charge is 0.257 e. The summed E-state index contributed by atoms with van der Waals surface area (Å²) in [6.07, 6.45) is 0. The zero-order valence-corrected chi connectivity index (χ0v) is 22.5. The molecule has 0 bridgehead atoms. The van der Waals surface area contributed by atoms with Gasteiger partial charge in [-0.15, -0.1) is 0 Å². The van der Waals surface area contributed by atoms with E-state index in [0.29, 0.717) is 54.9 Å². The van der Waals surface area contributed by atoms with E-state index in [1.54, 1.807) is 6.07 Å². The molecule has 0 aromatic heterocycles. The van der Waals surface area contributed by atoms with Gasteiger partial charge in [-0.3, -0.25) is 4.79 Å². The van der Waals surface area contributed by atoms with Gasteiger partial charge in [0.1, 0.15) is 24.7 Å². The molecule has 0 aliphatic carbocycles. The van der Waals surface area contributed by atoms with Gasteiger partial charge in [0, 0.05) is 11.6 Å². The van der Waals surface area contributed by atoms with E-state index >= 15 is 0 Å². The van der Waals surface area contributed by atoms with Crippen molar-refractivity contribution in [2.75, 3.05) is 10.6 Å². The Morgan fingerprint density at radius 1 is 0.537 bits per heavy atom. The second-order valence-electron chi connectivity index (χ2n) is 9.79. The molecule has 1 aliphatic rings. The molecule has 6 heteroatoms. The normalized spacial score (nSPS) is 11.9. The first-order valence-corrected chi connectivity index (χ1v) is 13.6. The van der Waals surface area contributed by atoms with E-state index in [9.17, 15) is 4.79 Å². The van der Waals surface area contributed by atoms with Crippen LogP contribution in [0.4, 0.5) is 17.1 Å². The second kappa shape index (κ2) is 12.4. The highest BCUT2D eigenvalue weighted by atomic mass is 16.5. The van der Waals surface area contributed by atoms with Crippen molar-refractivity contribution >= 4 is 23.0 Å². The van der Waals surface area contributed by atoms with Gasteiger partial charge in [-0.05, 0) is 34.9 Å². The fraction of sp³-hybridized carbons (Fsp3) is 0.114. The van der Waals surface area contributed by atoms with Crippen LogP contribution in [0.25, 0.3) is 0 Å². The van der Waals surface area contributed by atoms with E-state index in [0.717, 1.165) is 27.9 Å². The van der Waals surface area contributed by atoms with Gasteiger partial charge in [0.2, 0.25) is 0 Å². The van der Waals surface area contributed by atoms with E-state index in [1.807, 2.05) is 115 Å². The lowest BCUT2D eigenvalue weighted by molar-refractivity contribution is 0.102. The largest absolute Gasteiger partial charge is 0.489 e. The molecule has 1 heterocycles. The molecule has 204 valence electrons. The van der Waals surface area contributed by atoms with E-state index in [2.05, 4.69) is 10.6 Å². The summed E-state index contributed by atoms with van der Waals surface area (Å²) in [5.41, 5.74) is 6.50. The molecule has 0 atom stereocenters. The number of carbonyl (C=O) groups excluding carboxylic acids is 1. The van der Waals surface area contributed by atoms with Crippen LogP contribution in [0.1, 0.15) is 32.6 Å². The fourth-order valence-corrected chi connectivity index (χ4v) is 4.73. The monoisotopic (exact) mass is 542 g/mol. The molecule has 0 radical (unpaired) electrons. The number of hydrogen-bond donors (Lipinski definition) is 2. The number of benzene rings is 5. The number of anilines is 3. The van der Waals surface area contributed by atoms with Gasteiger partial charge in [0.15, 0.2) is 0 Å². The topological polar surface area (TPSA) is 68.8 Å². The summed E-state index contributed by atoms with van der Waals surface area (Å²) >= 11 is 0. The Morgan fingerprint density at radius 3 is 1.80 bits per heavy atom. The molecule has 2 N–H and O–H groups in total. The first-order chi connectivity index (χ1) is 20.2. The molecule has 5 aromatic rings. The van der Waals surface area contributed by atoms with Crippen LogP contribution in [-0.4, -0.2) is 5.91 Å². The lowest BCUT2D eigenvalue weighted by atomic mass is 10.1. The maximum atomic E-state index is 13.4. The molecule has 1 aliphatic heterocycles. The van der Waals surface area contributed by atoms with Crippen molar-refractivity contribution in [3.8, 4) is 11.5 Å². The van der Waals surface area contributed by atoms with E-state index in [-0.39, 0.29) is 5.91 Å². The summed E-state index contributed by atoms with van der Waals surface area (Å²) in [5.74, 6) is 1.00. The minimum Gasteiger partial charge on any atom is -0.489 e. The van der Waals surface area contributed by atoms with Gasteiger partial charge < -0.3 is 24.8 Å². The molecule has 0 saturated heterocycles. The van der Waals surface area contributed by atoms with Crippen LogP contribution >= 0.6 is 0 Å². The van der Waals surface area contributed by atoms with Gasteiger partial charge in [0.05, 0.1) is 35.8 Å². The third kappa shape index (κ3) is 6.40. The predicted octanol–water partition coefficient (Wildman–Crippen LogP) is 7.87. The molecular formula is C35H30N2O4. The quantitative estimate of drug-likeness (QED) is 0.188. The molecule has 6 rings (SSSR count). The second-order valence-corrected chi connectivity index (χ2v) is 9.79. The Kier molecular flexibility index (Phi) is 7.92. The Morgan fingerprint density at radius 2 is 1.15 bits per heavy atom. The van der Waals surface area contributed by atoms with Gasteiger partial charge in [-0.25, -0.2) is 0 Å². The lowest BCUT2D eigenvalue weighted by Crippen LogP contribution is -2.11. The Labute approximate surface area is 239 Å². The number of ether oxygens (including phenoxy) is 3. The van der Waals surface area contributed by atoms with Crippen LogP contribution < -0.4 is 20.1 Å². The van der Waals surface area contributed by atoms with Crippen molar-refractivity contribution in [2.24, 2.45) is 0 Å². The van der Waals surface area contributed by atoms with E-state index < -0.39 is 0 Å². The van der Waals surface area contributed by atoms with E-state index in [4.69, 9.17) is 14.2 Å². The van der Waals surface area contributed by atoms with Gasteiger partial charge >= 0.3 is 0 Å². The highest BCUT2D eigenvalue weighted by molar-refractivity contribution is 6.13. The van der Waals surface area contributed by atoms with Crippen molar-refractivity contribution in [1.82, 2.24) is 0 Å². The molecule has 0 unspecified atom stereocenters. The first kappa shape index (κ1) is 26.2. The average molecular weight is 543 g/mol. The van der Waals surface area contributed by atoms with Gasteiger partial charge in [-0.1, -0.05) is 97.1 Å². The number of amides is 1. The van der Waals surface area contributed by atoms with Crippen LogP contribution in [0, 0.1) is 0 Å². The minimum atomic E-state index is -0.229. The summed E-state index contributed by atoms with van der Waals surface area (Å²) in [6, 6.07) is 39.3. The lowest BCUT2D eigenvalue weighted by Gasteiger charge is -2.19. The van der Waals surface area contributed by atoms with Crippen LogP contribution in [0.15, 0.2) is 121 Å². The van der Waals surface area contributed by atoms with Crippen molar-refractivity contribution in [2.45, 2.75) is 26.4 Å². The van der Waals surface area contributed by atoms with Gasteiger partial charge in [-0.2, -0.15) is 0 Å². The van der Waals surface area contributed by atoms with Crippen molar-refractivity contribution < 1.29 is 19.0 Å². The van der Waals surface area contributed by atoms with Crippen molar-refractivity contribution in [3.63, 3.8) is 0 Å². The number of para-hydroxylation sites is 1. The summed E-state index contributed by atoms with van der Waals surface area (Å²) in [4.78, 5) is 13.4. The zero-order valence-electron chi connectivity index (χ0n) is 22.5. The third-order valence-electron chi connectivity index (χ3n) is 6.82. The Hall–Kier alpha value is -5.07. The predicted molar refractivity (Wildman–Crippen MR) is 161 cm³/mol. The molecule has 6 nitrogen and oxygen atoms in total.